The van der Waals surface area contributed by atoms with E-state index in [-0.39, 0.29) is 29.4 Å². The number of carbonyl (C=O) groups is 1. The van der Waals surface area contributed by atoms with Gasteiger partial charge in [-0.1, -0.05) is 6.92 Å². The molecule has 0 saturated carbocycles. The number of nitrogens with two attached hydrogens (primary N) is 1. The molecule has 0 aliphatic rings. The topological polar surface area (TPSA) is 148 Å². The molecule has 3 aromatic heterocycles. The molecule has 4 rings (SSSR count). The average molecular weight is 542 g/mol. The van der Waals surface area contributed by atoms with Gasteiger partial charge < -0.3 is 21.1 Å². The standard InChI is InChI=1S/C25H26F3N9O2/c1-2-16-13-17(3-4-18(16)24(38)32-8-12-39-11-6-30)34-22-23-33-14-20(37(23)10-7-31-22)19-15-36(9-5-29)35-21(19)25(26,27)28/h3-4,7,10,13-15H,2,6,8-9,11-12,30H2,1H3,(H,31,34)(H,32,38). The van der Waals surface area contributed by atoms with Crippen LogP contribution in [0.4, 0.5) is 24.7 Å². The van der Waals surface area contributed by atoms with Gasteiger partial charge in [-0.25, -0.2) is 9.97 Å². The van der Waals surface area contributed by atoms with Crippen LogP contribution in [0.5, 0.6) is 0 Å². The van der Waals surface area contributed by atoms with Gasteiger partial charge >= 0.3 is 6.18 Å². The smallest absolute Gasteiger partial charge is 0.378 e. The molecule has 14 heteroatoms. The van der Waals surface area contributed by atoms with Crippen LogP contribution in [-0.2, 0) is 23.9 Å². The zero-order chi connectivity index (χ0) is 28.0. The molecule has 3 heterocycles. The number of nitrogens with one attached hydrogen (secondary N) is 2. The van der Waals surface area contributed by atoms with Crippen molar-refractivity contribution in [2.24, 2.45) is 5.73 Å². The summed E-state index contributed by atoms with van der Waals surface area (Å²) in [5, 5.41) is 18.4. The van der Waals surface area contributed by atoms with Gasteiger partial charge in [0, 0.05) is 42.9 Å². The third-order valence-corrected chi connectivity index (χ3v) is 5.75. The summed E-state index contributed by atoms with van der Waals surface area (Å²) in [6.07, 6.45) is 1.25. The number of amides is 1. The van der Waals surface area contributed by atoms with Gasteiger partial charge in [0.25, 0.3) is 5.91 Å². The minimum absolute atomic E-state index is 0.142. The van der Waals surface area contributed by atoms with Gasteiger partial charge in [-0.3, -0.25) is 13.9 Å². The molecule has 11 nitrogen and oxygen atoms in total. The van der Waals surface area contributed by atoms with Crippen molar-refractivity contribution < 1.29 is 22.7 Å². The molecule has 4 aromatic rings. The maximum atomic E-state index is 13.7. The maximum absolute atomic E-state index is 13.7. The lowest BCUT2D eigenvalue weighted by atomic mass is 10.0. The predicted molar refractivity (Wildman–Crippen MR) is 136 cm³/mol. The number of ether oxygens (including phenoxy) is 1. The van der Waals surface area contributed by atoms with Crippen LogP contribution in [-0.4, -0.2) is 56.4 Å². The fourth-order valence-electron chi connectivity index (χ4n) is 4.02. The molecule has 0 atom stereocenters. The number of aryl methyl sites for hydroxylation is 1. The molecule has 204 valence electrons. The fourth-order valence-corrected chi connectivity index (χ4v) is 4.02. The summed E-state index contributed by atoms with van der Waals surface area (Å²) in [5.74, 6) is 0.0725. The molecule has 0 spiro atoms. The molecular weight excluding hydrogens is 515 g/mol. The maximum Gasteiger partial charge on any atom is 0.435 e. The van der Waals surface area contributed by atoms with Crippen molar-refractivity contribution in [3.05, 3.63) is 59.8 Å². The Morgan fingerprint density at radius 2 is 2.08 bits per heavy atom. The lowest BCUT2D eigenvalue weighted by Gasteiger charge is -2.13. The normalized spacial score (nSPS) is 11.5. The summed E-state index contributed by atoms with van der Waals surface area (Å²) >= 11 is 0. The number of rotatable bonds is 11. The highest BCUT2D eigenvalue weighted by atomic mass is 19.4. The number of alkyl halides is 3. The highest BCUT2D eigenvalue weighted by Gasteiger charge is 2.38. The number of aromatic nitrogens is 5. The monoisotopic (exact) mass is 541 g/mol. The van der Waals surface area contributed by atoms with E-state index in [9.17, 15) is 18.0 Å². The van der Waals surface area contributed by atoms with Crippen molar-refractivity contribution in [2.75, 3.05) is 31.6 Å². The third kappa shape index (κ3) is 6.16. The Bertz CT molecular complexity index is 1500. The second-order valence-electron chi connectivity index (χ2n) is 8.37. The van der Waals surface area contributed by atoms with Crippen molar-refractivity contribution >= 4 is 23.1 Å². The lowest BCUT2D eigenvalue weighted by Crippen LogP contribution is -2.28. The average Bonchev–Trinajstić information content (AvgIpc) is 3.53. The van der Waals surface area contributed by atoms with Gasteiger partial charge in [0.05, 0.1) is 36.7 Å². The number of anilines is 2. The fraction of sp³-hybridized carbons (Fsp3) is 0.320. The first-order valence-corrected chi connectivity index (χ1v) is 12.1. The van der Waals surface area contributed by atoms with Crippen LogP contribution >= 0.6 is 0 Å². The molecule has 39 heavy (non-hydrogen) atoms. The minimum atomic E-state index is -4.73. The van der Waals surface area contributed by atoms with E-state index in [4.69, 9.17) is 15.7 Å². The molecule has 0 aliphatic heterocycles. The summed E-state index contributed by atoms with van der Waals surface area (Å²) < 4.78 is 48.7. The first-order valence-electron chi connectivity index (χ1n) is 12.1. The molecule has 0 aliphatic carbocycles. The van der Waals surface area contributed by atoms with E-state index in [0.717, 1.165) is 10.2 Å². The summed E-state index contributed by atoms with van der Waals surface area (Å²) in [6.45, 7) is 3.13. The summed E-state index contributed by atoms with van der Waals surface area (Å²) in [4.78, 5) is 21.2. The molecular formula is C25H26F3N9O2. The number of benzene rings is 1. The van der Waals surface area contributed by atoms with E-state index >= 15 is 0 Å². The van der Waals surface area contributed by atoms with Crippen LogP contribution in [0.25, 0.3) is 16.9 Å². The number of halogens is 3. The number of hydrogen-bond donors (Lipinski definition) is 3. The SMILES string of the molecule is CCc1cc(Nc2nccn3c(-c4cn(CC#N)nc4C(F)(F)F)cnc23)ccc1C(=O)NCCOCCN. The molecule has 4 N–H and O–H groups in total. The number of nitrogens with zero attached hydrogens (tertiary/aromatic N) is 6. The second-order valence-corrected chi connectivity index (χ2v) is 8.37. The molecule has 1 aromatic carbocycles. The van der Waals surface area contributed by atoms with E-state index < -0.39 is 11.9 Å². The van der Waals surface area contributed by atoms with Crippen LogP contribution in [0.1, 0.15) is 28.5 Å². The Labute approximate surface area is 221 Å². The van der Waals surface area contributed by atoms with Crippen molar-refractivity contribution in [3.63, 3.8) is 0 Å². The number of imidazole rings is 1. The van der Waals surface area contributed by atoms with Crippen molar-refractivity contribution in [1.82, 2.24) is 29.5 Å². The van der Waals surface area contributed by atoms with Crippen LogP contribution in [0, 0.1) is 11.3 Å². The van der Waals surface area contributed by atoms with E-state index in [1.807, 2.05) is 13.0 Å². The van der Waals surface area contributed by atoms with E-state index in [2.05, 4.69) is 25.7 Å². The minimum Gasteiger partial charge on any atom is -0.378 e. The van der Waals surface area contributed by atoms with Gasteiger partial charge in [0.2, 0.25) is 0 Å². The highest BCUT2D eigenvalue weighted by molar-refractivity contribution is 5.96. The Balaban J connectivity index is 1.60. The summed E-state index contributed by atoms with van der Waals surface area (Å²) in [7, 11) is 0. The number of fused-ring (bicyclic) bond motifs is 1. The largest absolute Gasteiger partial charge is 0.435 e. The summed E-state index contributed by atoms with van der Waals surface area (Å²) in [5.41, 5.74) is 6.41. The molecule has 1 amide bonds. The van der Waals surface area contributed by atoms with Crippen molar-refractivity contribution in [1.29, 1.82) is 5.26 Å². The van der Waals surface area contributed by atoms with Gasteiger partial charge in [0.15, 0.2) is 17.2 Å². The Morgan fingerprint density at radius 3 is 2.79 bits per heavy atom. The summed E-state index contributed by atoms with van der Waals surface area (Å²) in [6, 6.07) is 6.99. The number of nitriles is 1. The zero-order valence-corrected chi connectivity index (χ0v) is 21.0. The van der Waals surface area contributed by atoms with E-state index in [1.165, 1.54) is 29.2 Å². The van der Waals surface area contributed by atoms with Crippen LogP contribution in [0.15, 0.2) is 43.0 Å². The van der Waals surface area contributed by atoms with Crippen molar-refractivity contribution in [2.45, 2.75) is 26.1 Å². The quantitative estimate of drug-likeness (QED) is 0.245. The van der Waals surface area contributed by atoms with Crippen LogP contribution < -0.4 is 16.4 Å². The molecule has 0 saturated heterocycles. The highest BCUT2D eigenvalue weighted by Crippen LogP contribution is 2.37. The van der Waals surface area contributed by atoms with Gasteiger partial charge in [-0.15, -0.1) is 0 Å². The Morgan fingerprint density at radius 1 is 1.26 bits per heavy atom. The number of carbonyl (C=O) groups excluding carboxylic acids is 1. The third-order valence-electron chi connectivity index (χ3n) is 5.75. The van der Waals surface area contributed by atoms with E-state index in [1.54, 1.807) is 18.2 Å². The Kier molecular flexibility index (Phi) is 8.43. The van der Waals surface area contributed by atoms with Gasteiger partial charge in [-0.2, -0.15) is 23.5 Å². The molecule has 0 radical (unpaired) electrons. The van der Waals surface area contributed by atoms with Gasteiger partial charge in [-0.05, 0) is 30.2 Å². The van der Waals surface area contributed by atoms with Crippen LogP contribution in [0.2, 0.25) is 0 Å². The first-order chi connectivity index (χ1) is 18.8. The first kappa shape index (κ1) is 27.6. The molecule has 0 unspecified atom stereocenters. The van der Waals surface area contributed by atoms with E-state index in [0.29, 0.717) is 49.8 Å². The molecule has 0 bridgehead atoms. The van der Waals surface area contributed by atoms with Gasteiger partial charge in [0.1, 0.15) is 6.54 Å². The lowest BCUT2D eigenvalue weighted by molar-refractivity contribution is -0.141. The predicted octanol–water partition coefficient (Wildman–Crippen LogP) is 3.15. The van der Waals surface area contributed by atoms with Crippen molar-refractivity contribution in [3.8, 4) is 17.3 Å². The molecule has 0 fully saturated rings. The van der Waals surface area contributed by atoms with Crippen LogP contribution in [0.3, 0.4) is 0 Å². The second kappa shape index (κ2) is 11.9. The zero-order valence-electron chi connectivity index (χ0n) is 21.0. The number of hydrogen-bond acceptors (Lipinski definition) is 8. The Hall–Kier alpha value is -4.48.